The molecule has 5 rings (SSSR count). The predicted octanol–water partition coefficient (Wildman–Crippen LogP) is 3.23. The van der Waals surface area contributed by atoms with Gasteiger partial charge in [-0.15, -0.1) is 0 Å². The molecule has 0 fully saturated rings. The Balaban J connectivity index is 1.65. The highest BCUT2D eigenvalue weighted by atomic mass is 16.5. The topological polar surface area (TPSA) is 67.4 Å². The number of dihydropyridines is 2. The van der Waals surface area contributed by atoms with E-state index in [-0.39, 0.29) is 17.5 Å². The molecule has 28 heavy (non-hydrogen) atoms. The van der Waals surface area contributed by atoms with Gasteiger partial charge in [0.05, 0.1) is 12.3 Å². The number of ether oxygens (including phenoxy) is 1. The van der Waals surface area contributed by atoms with Gasteiger partial charge in [-0.05, 0) is 31.4 Å². The average Bonchev–Trinajstić information content (AvgIpc) is 3.00. The van der Waals surface area contributed by atoms with Crippen molar-refractivity contribution in [2.75, 3.05) is 13.2 Å². The lowest BCUT2D eigenvalue weighted by atomic mass is 9.74. The number of fused-ring (bicyclic) bond motifs is 2. The Morgan fingerprint density at radius 2 is 1.89 bits per heavy atom. The SMILES string of the molecule is CCOC1=CC=C(C2C3=C(CCCC3=O)NC3=C2C(=O)c2ccccc23)CN1. The lowest BCUT2D eigenvalue weighted by Crippen LogP contribution is -2.36. The minimum absolute atomic E-state index is 0.0218. The van der Waals surface area contributed by atoms with Gasteiger partial charge >= 0.3 is 0 Å². The highest BCUT2D eigenvalue weighted by molar-refractivity contribution is 6.23. The molecule has 4 aliphatic rings. The number of benzene rings is 1. The van der Waals surface area contributed by atoms with Crippen LogP contribution in [0.4, 0.5) is 0 Å². The van der Waals surface area contributed by atoms with Gasteiger partial charge < -0.3 is 15.4 Å². The number of hydrogen-bond acceptors (Lipinski definition) is 5. The van der Waals surface area contributed by atoms with Crippen molar-refractivity contribution in [3.8, 4) is 0 Å². The van der Waals surface area contributed by atoms with Gasteiger partial charge in [0.25, 0.3) is 0 Å². The van der Waals surface area contributed by atoms with E-state index >= 15 is 0 Å². The summed E-state index contributed by atoms with van der Waals surface area (Å²) in [6, 6.07) is 7.70. The fourth-order valence-electron chi connectivity index (χ4n) is 4.65. The number of hydrogen-bond donors (Lipinski definition) is 2. The molecule has 1 atom stereocenters. The van der Waals surface area contributed by atoms with Crippen LogP contribution < -0.4 is 10.6 Å². The van der Waals surface area contributed by atoms with Crippen LogP contribution in [0.25, 0.3) is 5.70 Å². The number of rotatable bonds is 3. The van der Waals surface area contributed by atoms with E-state index in [0.29, 0.717) is 30.7 Å². The fourth-order valence-corrected chi connectivity index (χ4v) is 4.65. The fraction of sp³-hybridized carbons (Fsp3) is 0.304. The zero-order valence-electron chi connectivity index (χ0n) is 15.8. The highest BCUT2D eigenvalue weighted by Crippen LogP contribution is 2.47. The van der Waals surface area contributed by atoms with Crippen LogP contribution in [0.1, 0.15) is 42.1 Å². The lowest BCUT2D eigenvalue weighted by Gasteiger charge is -2.35. The Hall–Kier alpha value is -3.08. The van der Waals surface area contributed by atoms with E-state index < -0.39 is 0 Å². The van der Waals surface area contributed by atoms with Gasteiger partial charge in [0.1, 0.15) is 0 Å². The third kappa shape index (κ3) is 2.46. The average molecular weight is 374 g/mol. The summed E-state index contributed by atoms with van der Waals surface area (Å²) in [7, 11) is 0. The van der Waals surface area contributed by atoms with E-state index in [1.54, 1.807) is 0 Å². The van der Waals surface area contributed by atoms with Crippen LogP contribution in [-0.4, -0.2) is 24.7 Å². The van der Waals surface area contributed by atoms with Gasteiger partial charge in [-0.25, -0.2) is 0 Å². The third-order valence-electron chi connectivity index (χ3n) is 5.85. The smallest absolute Gasteiger partial charge is 0.192 e. The second-order valence-electron chi connectivity index (χ2n) is 7.45. The van der Waals surface area contributed by atoms with Crippen molar-refractivity contribution in [1.82, 2.24) is 10.6 Å². The number of carbonyl (C=O) groups is 2. The molecule has 0 bridgehead atoms. The zero-order valence-corrected chi connectivity index (χ0v) is 15.8. The molecule has 2 N–H and O–H groups in total. The first-order valence-electron chi connectivity index (χ1n) is 9.88. The van der Waals surface area contributed by atoms with E-state index in [1.807, 2.05) is 43.3 Å². The van der Waals surface area contributed by atoms with Crippen molar-refractivity contribution >= 4 is 17.3 Å². The van der Waals surface area contributed by atoms with E-state index in [4.69, 9.17) is 4.74 Å². The minimum Gasteiger partial charge on any atom is -0.479 e. The van der Waals surface area contributed by atoms with Crippen LogP contribution in [0.5, 0.6) is 0 Å². The number of carbonyl (C=O) groups excluding carboxylic acids is 2. The number of allylic oxidation sites excluding steroid dienone is 5. The van der Waals surface area contributed by atoms with E-state index in [0.717, 1.165) is 46.8 Å². The van der Waals surface area contributed by atoms with Gasteiger partial charge in [-0.3, -0.25) is 9.59 Å². The standard InChI is InChI=1S/C23H22N2O3/c1-2-28-18-11-10-13(12-24-18)19-20-16(8-5-9-17(20)26)25-22-14-6-3-4-7-15(14)23(27)21(19)22/h3-4,6-7,10-11,19,24-25H,2,5,8-9,12H2,1H3. The molecule has 1 aromatic carbocycles. The maximum Gasteiger partial charge on any atom is 0.192 e. The maximum absolute atomic E-state index is 13.3. The number of nitrogens with one attached hydrogen (secondary N) is 2. The van der Waals surface area contributed by atoms with Gasteiger partial charge in [-0.1, -0.05) is 30.3 Å². The van der Waals surface area contributed by atoms with Gasteiger partial charge in [0.15, 0.2) is 17.4 Å². The molecule has 5 nitrogen and oxygen atoms in total. The molecule has 0 spiro atoms. The summed E-state index contributed by atoms with van der Waals surface area (Å²) >= 11 is 0. The van der Waals surface area contributed by atoms with Crippen LogP contribution in [0, 0.1) is 5.92 Å². The first kappa shape index (κ1) is 17.0. The second-order valence-corrected chi connectivity index (χ2v) is 7.45. The van der Waals surface area contributed by atoms with E-state index in [9.17, 15) is 9.59 Å². The Kier molecular flexibility index (Phi) is 3.97. The van der Waals surface area contributed by atoms with Crippen LogP contribution in [0.15, 0.2) is 64.7 Å². The Bertz CT molecular complexity index is 1030. The van der Waals surface area contributed by atoms with Crippen molar-refractivity contribution in [3.05, 3.63) is 75.8 Å². The summed E-state index contributed by atoms with van der Waals surface area (Å²) in [5, 5.41) is 6.74. The van der Waals surface area contributed by atoms with Crippen molar-refractivity contribution < 1.29 is 14.3 Å². The quantitative estimate of drug-likeness (QED) is 0.850. The zero-order chi connectivity index (χ0) is 19.3. The molecule has 0 saturated heterocycles. The molecule has 2 aliphatic heterocycles. The molecular formula is C23H22N2O3. The van der Waals surface area contributed by atoms with Crippen molar-refractivity contribution in [2.24, 2.45) is 5.92 Å². The monoisotopic (exact) mass is 374 g/mol. The molecule has 142 valence electrons. The van der Waals surface area contributed by atoms with Crippen molar-refractivity contribution in [1.29, 1.82) is 0 Å². The molecule has 1 unspecified atom stereocenters. The molecular weight excluding hydrogens is 352 g/mol. The summed E-state index contributed by atoms with van der Waals surface area (Å²) in [6.45, 7) is 3.09. The van der Waals surface area contributed by atoms with E-state index in [2.05, 4.69) is 10.6 Å². The highest BCUT2D eigenvalue weighted by Gasteiger charge is 2.44. The minimum atomic E-state index is -0.300. The van der Waals surface area contributed by atoms with Gasteiger partial charge in [0, 0.05) is 46.9 Å². The normalized spacial score (nSPS) is 23.2. The molecule has 1 aromatic rings. The molecule has 0 radical (unpaired) electrons. The molecule has 2 aliphatic carbocycles. The first-order valence-corrected chi connectivity index (χ1v) is 9.88. The molecule has 5 heteroatoms. The van der Waals surface area contributed by atoms with Crippen LogP contribution in [0.3, 0.4) is 0 Å². The van der Waals surface area contributed by atoms with Gasteiger partial charge in [0.2, 0.25) is 0 Å². The first-order chi connectivity index (χ1) is 13.7. The Labute approximate surface area is 163 Å². The Morgan fingerprint density at radius 3 is 2.64 bits per heavy atom. The second kappa shape index (κ2) is 6.51. The van der Waals surface area contributed by atoms with Crippen LogP contribution in [0.2, 0.25) is 0 Å². The summed E-state index contributed by atoms with van der Waals surface area (Å²) in [6.07, 6.45) is 6.13. The summed E-state index contributed by atoms with van der Waals surface area (Å²) in [4.78, 5) is 26.2. The van der Waals surface area contributed by atoms with Gasteiger partial charge in [-0.2, -0.15) is 0 Å². The molecule has 0 aromatic heterocycles. The van der Waals surface area contributed by atoms with E-state index in [1.165, 1.54) is 0 Å². The van der Waals surface area contributed by atoms with Crippen molar-refractivity contribution in [2.45, 2.75) is 26.2 Å². The summed E-state index contributed by atoms with van der Waals surface area (Å²) in [5.41, 5.74) is 6.01. The lowest BCUT2D eigenvalue weighted by molar-refractivity contribution is -0.116. The summed E-state index contributed by atoms with van der Waals surface area (Å²) < 4.78 is 5.54. The Morgan fingerprint density at radius 1 is 1.07 bits per heavy atom. The van der Waals surface area contributed by atoms with Crippen molar-refractivity contribution in [3.63, 3.8) is 0 Å². The predicted molar refractivity (Wildman–Crippen MR) is 106 cm³/mol. The number of Topliss-reactive ketones (excluding diaryl/α,β-unsaturated/α-hetero) is 2. The largest absolute Gasteiger partial charge is 0.479 e. The van der Waals surface area contributed by atoms with Crippen LogP contribution in [-0.2, 0) is 9.53 Å². The van der Waals surface area contributed by atoms with Crippen LogP contribution >= 0.6 is 0 Å². The number of ketones is 2. The molecule has 0 saturated carbocycles. The third-order valence-corrected chi connectivity index (χ3v) is 5.85. The maximum atomic E-state index is 13.3. The molecule has 2 heterocycles. The molecule has 0 amide bonds. The summed E-state index contributed by atoms with van der Waals surface area (Å²) in [5.74, 6) is 0.591.